The fraction of sp³-hybridized carbons (Fsp3) is 0.364. The van der Waals surface area contributed by atoms with Crippen molar-refractivity contribution in [2.75, 3.05) is 18.4 Å². The minimum atomic E-state index is -2.94. The lowest BCUT2D eigenvalue weighted by Crippen LogP contribution is -2.61. The van der Waals surface area contributed by atoms with Crippen LogP contribution in [0.1, 0.15) is 43.0 Å². The first-order valence-corrected chi connectivity index (χ1v) is 10.2. The number of nitrogens with zero attached hydrogens (tertiary/aromatic N) is 4. The van der Waals surface area contributed by atoms with Crippen LogP contribution in [0.4, 0.5) is 23.8 Å². The number of anilines is 1. The van der Waals surface area contributed by atoms with Crippen molar-refractivity contribution in [3.63, 3.8) is 0 Å². The van der Waals surface area contributed by atoms with E-state index in [4.69, 9.17) is 0 Å². The van der Waals surface area contributed by atoms with E-state index in [2.05, 4.69) is 15.3 Å². The minimum absolute atomic E-state index is 0.0488. The van der Waals surface area contributed by atoms with E-state index in [-0.39, 0.29) is 24.2 Å². The van der Waals surface area contributed by atoms with Crippen molar-refractivity contribution >= 4 is 22.9 Å². The highest BCUT2D eigenvalue weighted by molar-refractivity contribution is 5.87. The van der Waals surface area contributed by atoms with Gasteiger partial charge in [0, 0.05) is 36.7 Å². The fourth-order valence-electron chi connectivity index (χ4n) is 4.27. The fourth-order valence-corrected chi connectivity index (χ4v) is 4.27. The lowest BCUT2D eigenvalue weighted by molar-refractivity contribution is 0.0676. The number of likely N-dealkylation sites (tertiary alicyclic amines) is 1. The van der Waals surface area contributed by atoms with Crippen molar-refractivity contribution in [2.24, 2.45) is 7.05 Å². The molecule has 4 rings (SSSR count). The molecular formula is C22H22F3N5O3. The van der Waals surface area contributed by atoms with E-state index < -0.39 is 35.4 Å². The van der Waals surface area contributed by atoms with Gasteiger partial charge in [-0.1, -0.05) is 25.1 Å². The zero-order valence-electron chi connectivity index (χ0n) is 18.1. The van der Waals surface area contributed by atoms with Gasteiger partial charge in [-0.05, 0) is 13.0 Å². The van der Waals surface area contributed by atoms with Gasteiger partial charge in [0.25, 0.3) is 12.0 Å². The Morgan fingerprint density at radius 3 is 2.55 bits per heavy atom. The smallest absolute Gasteiger partial charge is 0.407 e. The first kappa shape index (κ1) is 22.6. The van der Waals surface area contributed by atoms with Crippen molar-refractivity contribution in [2.45, 2.75) is 31.7 Å². The Hall–Kier alpha value is -3.63. The van der Waals surface area contributed by atoms with Crippen molar-refractivity contribution in [3.8, 4) is 0 Å². The lowest BCUT2D eigenvalue weighted by atomic mass is 9.76. The molecule has 3 aromatic rings. The molecular weight excluding hydrogens is 439 g/mol. The van der Waals surface area contributed by atoms with Crippen LogP contribution in [-0.2, 0) is 12.5 Å². The van der Waals surface area contributed by atoms with Gasteiger partial charge < -0.3 is 15.3 Å². The van der Waals surface area contributed by atoms with Crippen LogP contribution in [0.5, 0.6) is 0 Å². The lowest BCUT2D eigenvalue weighted by Gasteiger charge is -2.46. The van der Waals surface area contributed by atoms with Crippen LogP contribution < -0.4 is 10.9 Å². The summed E-state index contributed by atoms with van der Waals surface area (Å²) in [5.74, 6) is -0.695. The van der Waals surface area contributed by atoms with E-state index in [1.807, 2.05) is 0 Å². The monoisotopic (exact) mass is 461 g/mol. The number of aryl methyl sites for hydroxylation is 1. The van der Waals surface area contributed by atoms with Crippen molar-refractivity contribution in [1.29, 1.82) is 0 Å². The summed E-state index contributed by atoms with van der Waals surface area (Å²) in [4.78, 5) is 33.8. The van der Waals surface area contributed by atoms with Gasteiger partial charge in [-0.3, -0.25) is 9.36 Å². The van der Waals surface area contributed by atoms with Crippen LogP contribution in [0, 0.1) is 5.82 Å². The standard InChI is InChI=1S/C22H22F3N5O3/c1-11(12-5-4-6-13(16(12)23)17(24)25)28-18-14-7-15(22(2)8-30(9-22)21(32)33)20(31)29(3)19(14)27-10-26-18/h4-7,10-11,17H,8-9H2,1-3H3,(H,32,33)(H,26,27,28)/t11-/m1/s1. The Kier molecular flexibility index (Phi) is 5.51. The summed E-state index contributed by atoms with van der Waals surface area (Å²) in [5, 5.41) is 12.7. The predicted molar refractivity (Wildman–Crippen MR) is 115 cm³/mol. The Bertz CT molecular complexity index is 1300. The van der Waals surface area contributed by atoms with Crippen LogP contribution in [0.15, 0.2) is 35.4 Å². The van der Waals surface area contributed by atoms with Crippen LogP contribution >= 0.6 is 0 Å². The second-order valence-corrected chi connectivity index (χ2v) is 8.50. The number of halogens is 3. The van der Waals surface area contributed by atoms with Crippen molar-refractivity contribution in [3.05, 3.63) is 63.5 Å². The highest BCUT2D eigenvalue weighted by Crippen LogP contribution is 2.35. The zero-order chi connectivity index (χ0) is 24.1. The summed E-state index contributed by atoms with van der Waals surface area (Å²) in [5.41, 5.74) is -0.882. The Morgan fingerprint density at radius 1 is 1.24 bits per heavy atom. The largest absolute Gasteiger partial charge is 0.465 e. The average Bonchev–Trinajstić information content (AvgIpc) is 2.74. The quantitative estimate of drug-likeness (QED) is 0.599. The van der Waals surface area contributed by atoms with Crippen LogP contribution in [-0.4, -0.2) is 43.7 Å². The SMILES string of the molecule is C[C@@H](Nc1ncnc2c1cc(C1(C)CN(C(=O)O)C1)c(=O)n2C)c1cccc(C(F)F)c1F. The molecule has 3 heterocycles. The molecule has 2 N–H and O–H groups in total. The van der Waals surface area contributed by atoms with E-state index >= 15 is 0 Å². The summed E-state index contributed by atoms with van der Waals surface area (Å²) >= 11 is 0. The zero-order valence-corrected chi connectivity index (χ0v) is 18.1. The number of aromatic nitrogens is 3. The Labute approximate surface area is 186 Å². The van der Waals surface area contributed by atoms with E-state index in [1.165, 1.54) is 27.9 Å². The third-order valence-corrected chi connectivity index (χ3v) is 6.12. The number of amides is 1. The summed E-state index contributed by atoms with van der Waals surface area (Å²) in [7, 11) is 1.55. The number of rotatable bonds is 5. The van der Waals surface area contributed by atoms with Gasteiger partial charge >= 0.3 is 6.09 Å². The van der Waals surface area contributed by atoms with Crippen LogP contribution in [0.2, 0.25) is 0 Å². The number of carbonyl (C=O) groups is 1. The second kappa shape index (κ2) is 8.05. The molecule has 8 nitrogen and oxygen atoms in total. The molecule has 0 unspecified atom stereocenters. The Balaban J connectivity index is 1.76. The number of hydrogen-bond donors (Lipinski definition) is 2. The topological polar surface area (TPSA) is 100 Å². The highest BCUT2D eigenvalue weighted by Gasteiger charge is 2.44. The van der Waals surface area contributed by atoms with Gasteiger partial charge in [-0.15, -0.1) is 0 Å². The van der Waals surface area contributed by atoms with E-state index in [1.54, 1.807) is 27.0 Å². The van der Waals surface area contributed by atoms with Gasteiger partial charge in [0.1, 0.15) is 23.6 Å². The van der Waals surface area contributed by atoms with E-state index in [0.717, 1.165) is 6.07 Å². The predicted octanol–water partition coefficient (Wildman–Crippen LogP) is 3.83. The molecule has 11 heteroatoms. The van der Waals surface area contributed by atoms with Gasteiger partial charge in [-0.25, -0.2) is 27.9 Å². The van der Waals surface area contributed by atoms with E-state index in [0.29, 0.717) is 22.4 Å². The van der Waals surface area contributed by atoms with Gasteiger partial charge in [-0.2, -0.15) is 0 Å². The summed E-state index contributed by atoms with van der Waals surface area (Å²) in [6.45, 7) is 3.76. The minimum Gasteiger partial charge on any atom is -0.465 e. The normalized spacial score (nSPS) is 16.0. The molecule has 1 aliphatic rings. The van der Waals surface area contributed by atoms with Gasteiger partial charge in [0.2, 0.25) is 0 Å². The summed E-state index contributed by atoms with van der Waals surface area (Å²) < 4.78 is 42.2. The number of carboxylic acid groups (broad SMARTS) is 1. The molecule has 1 aliphatic heterocycles. The molecule has 1 aromatic carbocycles. The first-order chi connectivity index (χ1) is 15.5. The molecule has 0 radical (unpaired) electrons. The molecule has 1 saturated heterocycles. The molecule has 1 fully saturated rings. The van der Waals surface area contributed by atoms with Crippen molar-refractivity contribution in [1.82, 2.24) is 19.4 Å². The third kappa shape index (κ3) is 3.77. The molecule has 0 bridgehead atoms. The van der Waals surface area contributed by atoms with Gasteiger partial charge in [0.15, 0.2) is 0 Å². The molecule has 174 valence electrons. The molecule has 33 heavy (non-hydrogen) atoms. The molecule has 1 atom stereocenters. The van der Waals surface area contributed by atoms with Gasteiger partial charge in [0.05, 0.1) is 17.0 Å². The van der Waals surface area contributed by atoms with Crippen LogP contribution in [0.25, 0.3) is 11.0 Å². The summed E-state index contributed by atoms with van der Waals surface area (Å²) in [6, 6.07) is 4.73. The highest BCUT2D eigenvalue weighted by atomic mass is 19.3. The molecule has 0 spiro atoms. The van der Waals surface area contributed by atoms with E-state index in [9.17, 15) is 27.9 Å². The molecule has 0 saturated carbocycles. The molecule has 2 aromatic heterocycles. The number of pyridine rings is 1. The third-order valence-electron chi connectivity index (χ3n) is 6.12. The summed E-state index contributed by atoms with van der Waals surface area (Å²) in [6.07, 6.45) is -2.75. The number of nitrogens with one attached hydrogen (secondary N) is 1. The molecule has 1 amide bonds. The number of benzene rings is 1. The van der Waals surface area contributed by atoms with Crippen LogP contribution in [0.3, 0.4) is 0 Å². The number of alkyl halides is 2. The number of fused-ring (bicyclic) bond motifs is 1. The number of hydrogen-bond acceptors (Lipinski definition) is 5. The second-order valence-electron chi connectivity index (χ2n) is 8.50. The first-order valence-electron chi connectivity index (χ1n) is 10.2. The maximum Gasteiger partial charge on any atom is 0.407 e. The average molecular weight is 461 g/mol. The maximum atomic E-state index is 14.6. The maximum absolute atomic E-state index is 14.6. The Morgan fingerprint density at radius 2 is 1.91 bits per heavy atom. The van der Waals surface area contributed by atoms with Crippen molar-refractivity contribution < 1.29 is 23.1 Å². The molecule has 0 aliphatic carbocycles.